The van der Waals surface area contributed by atoms with Gasteiger partial charge in [0.2, 0.25) is 5.91 Å². The molecule has 132 valence electrons. The summed E-state index contributed by atoms with van der Waals surface area (Å²) in [5.41, 5.74) is 5.66. The van der Waals surface area contributed by atoms with Crippen LogP contribution in [0.25, 0.3) is 0 Å². The van der Waals surface area contributed by atoms with Crippen molar-refractivity contribution < 1.29 is 14.3 Å². The van der Waals surface area contributed by atoms with Crippen LogP contribution in [0.3, 0.4) is 0 Å². The molecule has 0 spiro atoms. The number of carbonyl (C=O) groups excluding carboxylic acids is 1. The minimum absolute atomic E-state index is 0.218. The number of rotatable bonds is 10. The smallest absolute Gasteiger partial charge is 0.220 e. The fourth-order valence-corrected chi connectivity index (χ4v) is 5.58. The van der Waals surface area contributed by atoms with Crippen LogP contribution in [0.2, 0.25) is 0 Å². The van der Waals surface area contributed by atoms with E-state index in [2.05, 4.69) is 5.32 Å². The molecule has 0 unspecified atom stereocenters. The molecule has 0 aliphatic heterocycles. The van der Waals surface area contributed by atoms with E-state index in [4.69, 9.17) is 15.2 Å². The molecular weight excluding hydrogens is 292 g/mol. The maximum atomic E-state index is 12.3. The maximum absolute atomic E-state index is 12.3. The number of hydrogen-bond donors (Lipinski definition) is 2. The Morgan fingerprint density at radius 2 is 1.52 bits per heavy atom. The summed E-state index contributed by atoms with van der Waals surface area (Å²) in [5.74, 6) is 2.94. The minimum Gasteiger partial charge on any atom is -0.378 e. The minimum atomic E-state index is 0.218. The number of amides is 1. The molecule has 0 saturated heterocycles. The van der Waals surface area contributed by atoms with Crippen molar-refractivity contribution >= 4 is 5.91 Å². The van der Waals surface area contributed by atoms with Crippen molar-refractivity contribution in [1.82, 2.24) is 5.32 Å². The summed E-state index contributed by atoms with van der Waals surface area (Å²) in [7, 11) is 0. The summed E-state index contributed by atoms with van der Waals surface area (Å²) in [6.45, 7) is 3.40. The molecule has 3 N–H and O–H groups in total. The quantitative estimate of drug-likeness (QED) is 0.600. The number of hydrogen-bond acceptors (Lipinski definition) is 4. The van der Waals surface area contributed by atoms with Crippen molar-refractivity contribution in [3.8, 4) is 0 Å². The molecule has 4 aliphatic carbocycles. The Balaban J connectivity index is 1.29. The highest BCUT2D eigenvalue weighted by Gasteiger charge is 2.51. The molecule has 4 rings (SSSR count). The van der Waals surface area contributed by atoms with Crippen molar-refractivity contribution in [3.05, 3.63) is 0 Å². The van der Waals surface area contributed by atoms with Crippen molar-refractivity contribution in [3.63, 3.8) is 0 Å². The normalized spacial score (nSPS) is 34.7. The fraction of sp³-hybridized carbons (Fsp3) is 0.944. The van der Waals surface area contributed by atoms with Gasteiger partial charge >= 0.3 is 0 Å². The molecule has 5 nitrogen and oxygen atoms in total. The highest BCUT2D eigenvalue weighted by Crippen LogP contribution is 2.61. The third kappa shape index (κ3) is 4.68. The summed E-state index contributed by atoms with van der Waals surface area (Å²) in [6, 6.07) is 0. The average Bonchev–Trinajstić information content (AvgIpc) is 2.48. The van der Waals surface area contributed by atoms with E-state index < -0.39 is 0 Å². The van der Waals surface area contributed by atoms with Crippen LogP contribution < -0.4 is 11.1 Å². The molecular formula is C18H32N2O3. The van der Waals surface area contributed by atoms with Crippen molar-refractivity contribution in [2.75, 3.05) is 39.5 Å². The standard InChI is InChI=1S/C18H32N2O3/c19-1-3-22-5-6-23-4-2-20-17(21)13-18-10-14-7-15(11-18)9-16(8-14)12-18/h14-16H,1-13,19H2,(H,20,21). The largest absolute Gasteiger partial charge is 0.378 e. The van der Waals surface area contributed by atoms with Gasteiger partial charge in [-0.1, -0.05) is 0 Å². The molecule has 4 bridgehead atoms. The van der Waals surface area contributed by atoms with Gasteiger partial charge in [0, 0.05) is 19.5 Å². The lowest BCUT2D eigenvalue weighted by atomic mass is 9.49. The van der Waals surface area contributed by atoms with E-state index in [0.717, 1.165) is 24.2 Å². The van der Waals surface area contributed by atoms with Gasteiger partial charge in [0.05, 0.1) is 26.4 Å². The second-order valence-corrected chi connectivity index (χ2v) is 7.96. The molecule has 4 aliphatic rings. The van der Waals surface area contributed by atoms with Gasteiger partial charge in [0.15, 0.2) is 0 Å². The van der Waals surface area contributed by atoms with Gasteiger partial charge in [-0.25, -0.2) is 0 Å². The molecule has 0 heterocycles. The molecule has 0 aromatic carbocycles. The zero-order chi connectivity index (χ0) is 16.1. The second-order valence-electron chi connectivity index (χ2n) is 7.96. The first-order chi connectivity index (χ1) is 11.2. The third-order valence-electron chi connectivity index (χ3n) is 5.90. The Morgan fingerprint density at radius 3 is 2.09 bits per heavy atom. The monoisotopic (exact) mass is 324 g/mol. The number of nitrogens with one attached hydrogen (secondary N) is 1. The molecule has 23 heavy (non-hydrogen) atoms. The van der Waals surface area contributed by atoms with E-state index in [9.17, 15) is 4.79 Å². The SMILES string of the molecule is NCCOCCOCCNC(=O)CC12CC3CC(CC(C3)C1)C2. The van der Waals surface area contributed by atoms with E-state index in [-0.39, 0.29) is 5.91 Å². The summed E-state index contributed by atoms with van der Waals surface area (Å²) in [6.07, 6.45) is 8.91. The molecule has 0 atom stereocenters. The summed E-state index contributed by atoms with van der Waals surface area (Å²) in [4.78, 5) is 12.3. The van der Waals surface area contributed by atoms with Crippen molar-refractivity contribution in [2.24, 2.45) is 28.9 Å². The van der Waals surface area contributed by atoms with Crippen molar-refractivity contribution in [1.29, 1.82) is 0 Å². The van der Waals surface area contributed by atoms with Gasteiger partial charge in [-0.15, -0.1) is 0 Å². The van der Waals surface area contributed by atoms with E-state index in [1.165, 1.54) is 38.5 Å². The van der Waals surface area contributed by atoms with Crippen molar-refractivity contribution in [2.45, 2.75) is 44.9 Å². The average molecular weight is 324 g/mol. The molecule has 4 fully saturated rings. The first-order valence-electron chi connectivity index (χ1n) is 9.31. The predicted molar refractivity (Wildman–Crippen MR) is 88.9 cm³/mol. The Bertz CT molecular complexity index is 364. The number of carbonyl (C=O) groups is 1. The molecule has 4 saturated carbocycles. The van der Waals surface area contributed by atoms with E-state index >= 15 is 0 Å². The highest BCUT2D eigenvalue weighted by molar-refractivity contribution is 5.76. The lowest BCUT2D eigenvalue weighted by Gasteiger charge is -2.56. The van der Waals surface area contributed by atoms with Gasteiger partial charge in [-0.2, -0.15) is 0 Å². The molecule has 5 heteroatoms. The zero-order valence-electron chi connectivity index (χ0n) is 14.2. The van der Waals surface area contributed by atoms with Crippen LogP contribution >= 0.6 is 0 Å². The van der Waals surface area contributed by atoms with Crippen LogP contribution in [0.1, 0.15) is 44.9 Å². The van der Waals surface area contributed by atoms with Crippen LogP contribution in [-0.2, 0) is 14.3 Å². The molecule has 0 aromatic rings. The van der Waals surface area contributed by atoms with E-state index in [1.807, 2.05) is 0 Å². The summed E-state index contributed by atoms with van der Waals surface area (Å²) >= 11 is 0. The Labute approximate surface area is 139 Å². The zero-order valence-corrected chi connectivity index (χ0v) is 14.2. The Hall–Kier alpha value is -0.650. The maximum Gasteiger partial charge on any atom is 0.220 e. The van der Waals surface area contributed by atoms with Gasteiger partial charge in [-0.3, -0.25) is 4.79 Å². The van der Waals surface area contributed by atoms with E-state index in [0.29, 0.717) is 44.9 Å². The summed E-state index contributed by atoms with van der Waals surface area (Å²) in [5, 5.41) is 3.03. The highest BCUT2D eigenvalue weighted by atomic mass is 16.5. The second kappa shape index (κ2) is 7.95. The first-order valence-corrected chi connectivity index (χ1v) is 9.31. The predicted octanol–water partition coefficient (Wildman–Crippen LogP) is 1.70. The third-order valence-corrected chi connectivity index (χ3v) is 5.90. The number of nitrogens with two attached hydrogens (primary N) is 1. The first kappa shape index (κ1) is 17.2. The Kier molecular flexibility index (Phi) is 5.94. The van der Waals surface area contributed by atoms with E-state index in [1.54, 1.807) is 0 Å². The molecule has 0 aromatic heterocycles. The lowest BCUT2D eigenvalue weighted by molar-refractivity contribution is -0.129. The van der Waals surface area contributed by atoms with Gasteiger partial charge in [0.25, 0.3) is 0 Å². The van der Waals surface area contributed by atoms with Crippen LogP contribution in [-0.4, -0.2) is 45.4 Å². The molecule has 1 amide bonds. The van der Waals surface area contributed by atoms with Crippen LogP contribution in [0.5, 0.6) is 0 Å². The van der Waals surface area contributed by atoms with Crippen LogP contribution in [0.4, 0.5) is 0 Å². The van der Waals surface area contributed by atoms with Gasteiger partial charge in [0.1, 0.15) is 0 Å². The number of ether oxygens (including phenoxy) is 2. The van der Waals surface area contributed by atoms with Crippen LogP contribution in [0.15, 0.2) is 0 Å². The van der Waals surface area contributed by atoms with Gasteiger partial charge in [-0.05, 0) is 61.7 Å². The lowest BCUT2D eigenvalue weighted by Crippen LogP contribution is -2.48. The topological polar surface area (TPSA) is 73.6 Å². The fourth-order valence-electron chi connectivity index (χ4n) is 5.58. The summed E-state index contributed by atoms with van der Waals surface area (Å²) < 4.78 is 10.7. The van der Waals surface area contributed by atoms with Gasteiger partial charge < -0.3 is 20.5 Å². The Morgan fingerprint density at radius 1 is 0.957 bits per heavy atom. The molecule has 0 radical (unpaired) electrons. The van der Waals surface area contributed by atoms with Crippen LogP contribution in [0, 0.1) is 23.2 Å².